The summed E-state index contributed by atoms with van der Waals surface area (Å²) in [6, 6.07) is 12.4. The molecule has 0 aliphatic carbocycles. The number of hydrogen-bond acceptors (Lipinski definition) is 3. The molecule has 4 rings (SSSR count). The Balaban J connectivity index is 1.92. The molecule has 0 bridgehead atoms. The van der Waals surface area contributed by atoms with Crippen LogP contribution in [0.2, 0.25) is 0 Å². The first kappa shape index (κ1) is 18.4. The average molecular weight is 388 g/mol. The Labute approximate surface area is 166 Å². The van der Waals surface area contributed by atoms with Gasteiger partial charge in [-0.3, -0.25) is 14.5 Å². The van der Waals surface area contributed by atoms with Crippen molar-refractivity contribution in [3.05, 3.63) is 92.9 Å². The lowest BCUT2D eigenvalue weighted by molar-refractivity contribution is 0.0983. The number of aromatic nitrogens is 1. The van der Waals surface area contributed by atoms with E-state index in [0.717, 1.165) is 11.3 Å². The van der Waals surface area contributed by atoms with Crippen molar-refractivity contribution in [1.82, 2.24) is 4.98 Å². The van der Waals surface area contributed by atoms with Crippen LogP contribution in [0.4, 0.5) is 27.1 Å². The van der Waals surface area contributed by atoms with Gasteiger partial charge in [0.1, 0.15) is 12.5 Å². The summed E-state index contributed by atoms with van der Waals surface area (Å²) in [5, 5.41) is 0. The molecule has 0 saturated carbocycles. The van der Waals surface area contributed by atoms with Crippen molar-refractivity contribution in [3.63, 3.8) is 0 Å². The van der Waals surface area contributed by atoms with Gasteiger partial charge in [0.15, 0.2) is 5.69 Å². The molecule has 1 N–H and O–H groups in total. The number of pyridine rings is 1. The van der Waals surface area contributed by atoms with Crippen molar-refractivity contribution in [3.8, 4) is 0 Å². The predicted molar refractivity (Wildman–Crippen MR) is 109 cm³/mol. The van der Waals surface area contributed by atoms with Crippen LogP contribution in [-0.2, 0) is 0 Å². The molecule has 7 heteroatoms. The fourth-order valence-electron chi connectivity index (χ4n) is 3.60. The first-order chi connectivity index (χ1) is 13.9. The Morgan fingerprint density at radius 1 is 0.966 bits per heavy atom. The van der Waals surface area contributed by atoms with Crippen LogP contribution in [0.25, 0.3) is 4.85 Å². The summed E-state index contributed by atoms with van der Waals surface area (Å²) in [5.41, 5.74) is 3.73. The number of benzene rings is 2. The van der Waals surface area contributed by atoms with Gasteiger partial charge in [0.25, 0.3) is 5.91 Å². The lowest BCUT2D eigenvalue weighted by atomic mass is 10.0. The third-order valence-corrected chi connectivity index (χ3v) is 4.99. The van der Waals surface area contributed by atoms with E-state index in [-0.39, 0.29) is 24.0 Å². The van der Waals surface area contributed by atoms with Crippen LogP contribution in [0.3, 0.4) is 0 Å². The van der Waals surface area contributed by atoms with Gasteiger partial charge in [-0.05, 0) is 55.8 Å². The number of aromatic amines is 1. The molecular weight excluding hydrogens is 371 g/mol. The third kappa shape index (κ3) is 3.15. The third-order valence-electron chi connectivity index (χ3n) is 4.99. The van der Waals surface area contributed by atoms with E-state index in [0.29, 0.717) is 28.3 Å². The number of nitrogens with zero attached hydrogens (tertiary/aromatic N) is 3. The summed E-state index contributed by atoms with van der Waals surface area (Å²) in [4.78, 5) is 34.5. The molecule has 1 aliphatic heterocycles. The van der Waals surface area contributed by atoms with Crippen LogP contribution in [0.1, 0.15) is 21.6 Å². The predicted octanol–water partition coefficient (Wildman–Crippen LogP) is 4.44. The number of fused-ring (bicyclic) bond motifs is 1. The highest BCUT2D eigenvalue weighted by Gasteiger charge is 2.32. The summed E-state index contributed by atoms with van der Waals surface area (Å²) >= 11 is 0. The monoisotopic (exact) mass is 388 g/mol. The smallest absolute Gasteiger partial charge is 0.260 e. The standard InChI is InChI=1S/C22H17FN4O2/c1-13-10-15(23)4-6-18(13)26-12-27(19-8-9-21(28)25-14(19)2)22(29)17-11-16(24-3)5-7-20(17)26/h4-11H,12H2,1-2H3,(H,25,28). The van der Waals surface area contributed by atoms with E-state index in [1.54, 1.807) is 49.1 Å². The van der Waals surface area contributed by atoms with Gasteiger partial charge in [-0.25, -0.2) is 9.24 Å². The Bertz CT molecular complexity index is 1240. The number of rotatable bonds is 2. The molecule has 1 amide bonds. The maximum absolute atomic E-state index is 13.7. The van der Waals surface area contributed by atoms with Gasteiger partial charge in [-0.1, -0.05) is 6.07 Å². The second-order valence-electron chi connectivity index (χ2n) is 6.88. The number of anilines is 3. The molecular formula is C22H17FN4O2. The zero-order valence-electron chi connectivity index (χ0n) is 15.9. The second-order valence-corrected chi connectivity index (χ2v) is 6.88. The minimum absolute atomic E-state index is 0.183. The highest BCUT2D eigenvalue weighted by atomic mass is 19.1. The summed E-state index contributed by atoms with van der Waals surface area (Å²) in [6.07, 6.45) is 0. The van der Waals surface area contributed by atoms with E-state index >= 15 is 0 Å². The van der Waals surface area contributed by atoms with Gasteiger partial charge >= 0.3 is 0 Å². The van der Waals surface area contributed by atoms with E-state index in [4.69, 9.17) is 6.57 Å². The maximum atomic E-state index is 13.7. The first-order valence-electron chi connectivity index (χ1n) is 8.96. The van der Waals surface area contributed by atoms with Crippen molar-refractivity contribution in [2.24, 2.45) is 0 Å². The van der Waals surface area contributed by atoms with Crippen LogP contribution >= 0.6 is 0 Å². The number of hydrogen-bond donors (Lipinski definition) is 1. The molecule has 0 saturated heterocycles. The van der Waals surface area contributed by atoms with Gasteiger partial charge < -0.3 is 9.88 Å². The number of carbonyl (C=O) groups excluding carboxylic acids is 1. The topological polar surface area (TPSA) is 60.8 Å². The molecule has 3 aromatic rings. The Kier molecular flexibility index (Phi) is 4.40. The van der Waals surface area contributed by atoms with E-state index in [1.165, 1.54) is 18.2 Å². The fraction of sp³-hybridized carbons (Fsp3) is 0.136. The molecule has 0 fully saturated rings. The maximum Gasteiger partial charge on any atom is 0.260 e. The highest BCUT2D eigenvalue weighted by molar-refractivity contribution is 6.13. The first-order valence-corrected chi connectivity index (χ1v) is 8.96. The van der Waals surface area contributed by atoms with Crippen molar-refractivity contribution >= 4 is 28.7 Å². The molecule has 144 valence electrons. The minimum Gasteiger partial charge on any atom is -0.324 e. The molecule has 0 unspecified atom stereocenters. The SMILES string of the molecule is [C-]#[N+]c1ccc2c(c1)C(=O)N(c1ccc(=O)[nH]c1C)CN2c1ccc(F)cc1C. The summed E-state index contributed by atoms with van der Waals surface area (Å²) < 4.78 is 13.7. The Morgan fingerprint density at radius 3 is 2.38 bits per heavy atom. The fourth-order valence-corrected chi connectivity index (χ4v) is 3.60. The van der Waals surface area contributed by atoms with Crippen LogP contribution in [0, 0.1) is 26.2 Å². The highest BCUT2D eigenvalue weighted by Crippen LogP contribution is 2.39. The van der Waals surface area contributed by atoms with Gasteiger partial charge in [0, 0.05) is 17.4 Å². The number of amides is 1. The van der Waals surface area contributed by atoms with Crippen LogP contribution in [0.5, 0.6) is 0 Å². The lowest BCUT2D eigenvalue weighted by Gasteiger charge is -2.39. The van der Waals surface area contributed by atoms with E-state index < -0.39 is 0 Å². The molecule has 0 spiro atoms. The van der Waals surface area contributed by atoms with Gasteiger partial charge in [0.2, 0.25) is 5.56 Å². The molecule has 0 atom stereocenters. The van der Waals surface area contributed by atoms with Crippen molar-refractivity contribution in [2.75, 3.05) is 16.5 Å². The van der Waals surface area contributed by atoms with E-state index in [9.17, 15) is 14.0 Å². The Hall–Kier alpha value is -3.92. The normalized spacial score (nSPS) is 13.2. The van der Waals surface area contributed by atoms with Crippen LogP contribution < -0.4 is 15.4 Å². The summed E-state index contributed by atoms with van der Waals surface area (Å²) in [6.45, 7) is 11.0. The second kappa shape index (κ2) is 6.91. The molecule has 1 aromatic heterocycles. The molecule has 6 nitrogen and oxygen atoms in total. The van der Waals surface area contributed by atoms with Crippen molar-refractivity contribution in [2.45, 2.75) is 13.8 Å². The van der Waals surface area contributed by atoms with Crippen molar-refractivity contribution in [1.29, 1.82) is 0 Å². The van der Waals surface area contributed by atoms with Gasteiger partial charge in [0.05, 0.1) is 23.5 Å². The number of halogens is 1. The molecule has 0 radical (unpaired) electrons. The summed E-state index contributed by atoms with van der Waals surface area (Å²) in [5.74, 6) is -0.604. The summed E-state index contributed by atoms with van der Waals surface area (Å²) in [7, 11) is 0. The molecule has 1 aliphatic rings. The van der Waals surface area contributed by atoms with Gasteiger partial charge in [-0.2, -0.15) is 0 Å². The van der Waals surface area contributed by atoms with Gasteiger partial charge in [-0.15, -0.1) is 0 Å². The van der Waals surface area contributed by atoms with Crippen LogP contribution in [-0.4, -0.2) is 17.6 Å². The zero-order valence-corrected chi connectivity index (χ0v) is 15.9. The molecule has 2 aromatic carbocycles. The van der Waals surface area contributed by atoms with Crippen molar-refractivity contribution < 1.29 is 9.18 Å². The molecule has 29 heavy (non-hydrogen) atoms. The number of H-pyrrole nitrogens is 1. The molecule has 2 heterocycles. The quantitative estimate of drug-likeness (QED) is 0.661. The average Bonchev–Trinajstić information content (AvgIpc) is 2.69. The largest absolute Gasteiger partial charge is 0.324 e. The number of carbonyl (C=O) groups is 1. The number of nitrogens with one attached hydrogen (secondary N) is 1. The number of aryl methyl sites for hydroxylation is 2. The lowest BCUT2D eigenvalue weighted by Crippen LogP contribution is -2.45. The van der Waals surface area contributed by atoms with Crippen LogP contribution in [0.15, 0.2) is 53.3 Å². The van der Waals surface area contributed by atoms with E-state index in [2.05, 4.69) is 9.83 Å². The Morgan fingerprint density at radius 2 is 1.69 bits per heavy atom. The minimum atomic E-state index is -0.337. The zero-order chi connectivity index (χ0) is 20.7. The van der Waals surface area contributed by atoms with E-state index in [1.807, 2.05) is 4.90 Å².